The molecule has 148 valence electrons. The molecule has 0 aliphatic carbocycles. The molecule has 0 saturated heterocycles. The van der Waals surface area contributed by atoms with E-state index in [9.17, 15) is 26.4 Å². The zero-order chi connectivity index (χ0) is 20.4. The van der Waals surface area contributed by atoms with Crippen molar-refractivity contribution >= 4 is 54.8 Å². The Morgan fingerprint density at radius 2 is 1.00 bits per heavy atom. The molecule has 2 aliphatic heterocycles. The van der Waals surface area contributed by atoms with Gasteiger partial charge in [0.2, 0.25) is 0 Å². The van der Waals surface area contributed by atoms with Gasteiger partial charge in [0.25, 0.3) is 0 Å². The molecule has 2 aliphatic rings. The summed E-state index contributed by atoms with van der Waals surface area (Å²) in [6.07, 6.45) is 0. The SMILES string of the molecule is O=C1CS(=O)(=O)c2ccccc2S(=O)(=O)C1.O=C1CSc2ccccc2SC1. The molecule has 0 atom stereocenters. The van der Waals surface area contributed by atoms with E-state index in [1.165, 1.54) is 34.1 Å². The van der Waals surface area contributed by atoms with Gasteiger partial charge in [-0.15, -0.1) is 23.5 Å². The highest BCUT2D eigenvalue weighted by molar-refractivity contribution is 8.04. The Kier molecular flexibility index (Phi) is 6.33. The number of hydrogen-bond acceptors (Lipinski definition) is 8. The lowest BCUT2D eigenvalue weighted by atomic mass is 10.4. The number of ketones is 2. The first kappa shape index (κ1) is 21.1. The molecule has 0 aromatic heterocycles. The van der Waals surface area contributed by atoms with Crippen molar-refractivity contribution in [3.05, 3.63) is 48.5 Å². The van der Waals surface area contributed by atoms with Gasteiger partial charge in [-0.2, -0.15) is 0 Å². The normalized spacial score (nSPS) is 19.9. The second-order valence-electron chi connectivity index (χ2n) is 6.07. The van der Waals surface area contributed by atoms with E-state index in [2.05, 4.69) is 12.1 Å². The number of sulfone groups is 2. The van der Waals surface area contributed by atoms with E-state index in [4.69, 9.17) is 0 Å². The minimum absolute atomic E-state index is 0.277. The van der Waals surface area contributed by atoms with E-state index in [-0.39, 0.29) is 9.79 Å². The Morgan fingerprint density at radius 3 is 1.43 bits per heavy atom. The van der Waals surface area contributed by atoms with Crippen molar-refractivity contribution in [1.82, 2.24) is 0 Å². The standard InChI is InChI=1S/C9H8O5S2.C9H8OS2/c10-7-5-15(11,12)8-3-1-2-4-9(8)16(13,14)6-7;10-7-5-11-8-3-1-2-4-9(8)12-6-7/h1-4H,5-6H2;1-4H,5-6H2. The van der Waals surface area contributed by atoms with Crippen LogP contribution in [0.2, 0.25) is 0 Å². The number of Topliss-reactive ketones (excluding diaryl/α,β-unsaturated/α-hetero) is 2. The highest BCUT2D eigenvalue weighted by Gasteiger charge is 2.34. The summed E-state index contributed by atoms with van der Waals surface area (Å²) < 4.78 is 46.8. The fourth-order valence-electron chi connectivity index (χ4n) is 2.63. The Labute approximate surface area is 171 Å². The maximum Gasteiger partial charge on any atom is 0.186 e. The second-order valence-corrected chi connectivity index (χ2v) is 12.0. The highest BCUT2D eigenvalue weighted by atomic mass is 32.2. The molecule has 0 radical (unpaired) electrons. The second kappa shape index (κ2) is 8.40. The summed E-state index contributed by atoms with van der Waals surface area (Å²) in [5.74, 6) is -0.696. The molecule has 0 amide bonds. The topological polar surface area (TPSA) is 102 Å². The quantitative estimate of drug-likeness (QED) is 0.595. The Bertz CT molecular complexity index is 1050. The molecule has 10 heteroatoms. The van der Waals surface area contributed by atoms with Gasteiger partial charge in [0, 0.05) is 9.79 Å². The fourth-order valence-corrected chi connectivity index (χ4v) is 8.30. The van der Waals surface area contributed by atoms with Gasteiger partial charge in [-0.05, 0) is 24.3 Å². The average Bonchev–Trinajstić information content (AvgIpc) is 2.86. The van der Waals surface area contributed by atoms with Gasteiger partial charge in [-0.1, -0.05) is 24.3 Å². The number of thioether (sulfide) groups is 2. The van der Waals surface area contributed by atoms with Crippen LogP contribution in [0.5, 0.6) is 0 Å². The predicted octanol–water partition coefficient (Wildman–Crippen LogP) is 2.27. The van der Waals surface area contributed by atoms with Crippen molar-refractivity contribution in [3.63, 3.8) is 0 Å². The summed E-state index contributed by atoms with van der Waals surface area (Å²) in [5, 5.41) is 0. The Hall–Kier alpha value is -1.62. The van der Waals surface area contributed by atoms with Gasteiger partial charge in [-0.25, -0.2) is 16.8 Å². The van der Waals surface area contributed by atoms with Crippen LogP contribution in [0.4, 0.5) is 0 Å². The maximum atomic E-state index is 11.7. The molecule has 4 rings (SSSR count). The van der Waals surface area contributed by atoms with Crippen LogP contribution in [0.15, 0.2) is 68.1 Å². The smallest absolute Gasteiger partial charge is 0.186 e. The summed E-state index contributed by atoms with van der Waals surface area (Å²) in [7, 11) is -7.65. The van der Waals surface area contributed by atoms with E-state index in [0.29, 0.717) is 17.3 Å². The lowest BCUT2D eigenvalue weighted by molar-refractivity contribution is -0.115. The van der Waals surface area contributed by atoms with Crippen molar-refractivity contribution in [1.29, 1.82) is 0 Å². The van der Waals surface area contributed by atoms with Crippen LogP contribution in [-0.2, 0) is 29.3 Å². The van der Waals surface area contributed by atoms with Crippen LogP contribution in [0.3, 0.4) is 0 Å². The lowest BCUT2D eigenvalue weighted by Crippen LogP contribution is -2.18. The van der Waals surface area contributed by atoms with Crippen molar-refractivity contribution in [2.75, 3.05) is 23.0 Å². The molecule has 2 heterocycles. The maximum absolute atomic E-state index is 11.7. The minimum atomic E-state index is -3.83. The molecule has 0 bridgehead atoms. The largest absolute Gasteiger partial charge is 0.298 e. The number of benzene rings is 2. The first-order valence-corrected chi connectivity index (χ1v) is 13.4. The van der Waals surface area contributed by atoms with Gasteiger partial charge >= 0.3 is 0 Å². The summed E-state index contributed by atoms with van der Waals surface area (Å²) in [6, 6.07) is 13.5. The van der Waals surface area contributed by atoms with E-state index in [1.807, 2.05) is 12.1 Å². The van der Waals surface area contributed by atoms with Gasteiger partial charge in [0.15, 0.2) is 31.2 Å². The third-order valence-electron chi connectivity index (χ3n) is 3.85. The van der Waals surface area contributed by atoms with Gasteiger partial charge in [0.05, 0.1) is 21.3 Å². The Balaban J connectivity index is 0.000000167. The van der Waals surface area contributed by atoms with Crippen LogP contribution in [0, 0.1) is 0 Å². The Morgan fingerprint density at radius 1 is 0.607 bits per heavy atom. The van der Waals surface area contributed by atoms with Crippen LogP contribution >= 0.6 is 23.5 Å². The van der Waals surface area contributed by atoms with Crippen LogP contribution in [0.1, 0.15) is 0 Å². The van der Waals surface area contributed by atoms with Gasteiger partial charge in [-0.3, -0.25) is 9.59 Å². The molecule has 28 heavy (non-hydrogen) atoms. The zero-order valence-corrected chi connectivity index (χ0v) is 17.8. The highest BCUT2D eigenvalue weighted by Crippen LogP contribution is 2.33. The first-order valence-electron chi connectivity index (χ1n) is 8.12. The van der Waals surface area contributed by atoms with Gasteiger partial charge < -0.3 is 0 Å². The van der Waals surface area contributed by atoms with Crippen molar-refractivity contribution in [2.24, 2.45) is 0 Å². The van der Waals surface area contributed by atoms with E-state index < -0.39 is 37.0 Å². The summed E-state index contributed by atoms with van der Waals surface area (Å²) >= 11 is 3.29. The molecule has 2 aromatic carbocycles. The number of rotatable bonds is 0. The molecule has 6 nitrogen and oxygen atoms in total. The summed E-state index contributed by atoms with van der Waals surface area (Å²) in [4.78, 5) is 24.3. The molecule has 2 aromatic rings. The molecule has 0 saturated carbocycles. The lowest BCUT2D eigenvalue weighted by Gasteiger charge is -2.03. The van der Waals surface area contributed by atoms with Crippen molar-refractivity contribution in [2.45, 2.75) is 19.6 Å². The molecule has 0 spiro atoms. The molecule has 0 N–H and O–H groups in total. The monoisotopic (exact) mass is 456 g/mol. The summed E-state index contributed by atoms with van der Waals surface area (Å²) in [6.45, 7) is 0. The predicted molar refractivity (Wildman–Crippen MR) is 108 cm³/mol. The van der Waals surface area contributed by atoms with Crippen molar-refractivity contribution < 1.29 is 26.4 Å². The first-order chi connectivity index (χ1) is 13.2. The number of carbonyl (C=O) groups excluding carboxylic acids is 2. The van der Waals surface area contributed by atoms with Crippen LogP contribution in [0.25, 0.3) is 0 Å². The molecule has 0 unspecified atom stereocenters. The van der Waals surface area contributed by atoms with Crippen LogP contribution < -0.4 is 0 Å². The fraction of sp³-hybridized carbons (Fsp3) is 0.222. The van der Waals surface area contributed by atoms with E-state index >= 15 is 0 Å². The summed E-state index contributed by atoms with van der Waals surface area (Å²) in [5.41, 5.74) is 0. The van der Waals surface area contributed by atoms with E-state index in [0.717, 1.165) is 0 Å². The average molecular weight is 457 g/mol. The van der Waals surface area contributed by atoms with E-state index in [1.54, 1.807) is 23.5 Å². The number of carbonyl (C=O) groups is 2. The third kappa shape index (κ3) is 4.86. The molecule has 0 fully saturated rings. The minimum Gasteiger partial charge on any atom is -0.298 e. The van der Waals surface area contributed by atoms with Crippen LogP contribution in [-0.4, -0.2) is 51.4 Å². The number of fused-ring (bicyclic) bond motifs is 2. The van der Waals surface area contributed by atoms with Crippen molar-refractivity contribution in [3.8, 4) is 0 Å². The molecular weight excluding hydrogens is 440 g/mol. The third-order valence-corrected chi connectivity index (χ3v) is 9.83. The zero-order valence-electron chi connectivity index (χ0n) is 14.5. The van der Waals surface area contributed by atoms with Gasteiger partial charge in [0.1, 0.15) is 11.5 Å². The molecular formula is C18H16O6S4. The number of hydrogen-bond donors (Lipinski definition) is 0.